The minimum Gasteiger partial charge on any atom is -0.302 e. The fourth-order valence-electron chi connectivity index (χ4n) is 3.12. The average Bonchev–Trinajstić information content (AvgIpc) is 3.17. The Kier molecular flexibility index (Phi) is 2.77. The third-order valence-electron chi connectivity index (χ3n) is 4.13. The maximum Gasteiger partial charge on any atom is 0.147 e. The normalized spacial score (nSPS) is 16.2. The number of benzene rings is 1. The highest BCUT2D eigenvalue weighted by molar-refractivity contribution is 6.29. The number of imidazole rings is 1. The Morgan fingerprint density at radius 2 is 2.10 bits per heavy atom. The predicted molar refractivity (Wildman–Crippen MR) is 79.4 cm³/mol. The number of rotatable bonds is 2. The highest BCUT2D eigenvalue weighted by atomic mass is 35.5. The van der Waals surface area contributed by atoms with Gasteiger partial charge in [-0.25, -0.2) is 4.98 Å². The Morgan fingerprint density at radius 3 is 2.95 bits per heavy atom. The number of nitrogens with zero attached hydrogens (tertiary/aromatic N) is 3. The van der Waals surface area contributed by atoms with Crippen LogP contribution in [0.3, 0.4) is 0 Å². The van der Waals surface area contributed by atoms with Crippen LogP contribution in [0, 0.1) is 0 Å². The van der Waals surface area contributed by atoms with Crippen molar-refractivity contribution in [2.24, 2.45) is 0 Å². The molecule has 0 radical (unpaired) electrons. The molecule has 0 unspecified atom stereocenters. The number of hydrogen-bond donors (Lipinski definition) is 1. The van der Waals surface area contributed by atoms with Crippen LogP contribution in [-0.2, 0) is 0 Å². The van der Waals surface area contributed by atoms with Crippen molar-refractivity contribution in [2.75, 3.05) is 0 Å². The van der Waals surface area contributed by atoms with Gasteiger partial charge in [-0.05, 0) is 31.0 Å². The molecule has 0 aliphatic heterocycles. The van der Waals surface area contributed by atoms with E-state index in [9.17, 15) is 0 Å². The molecule has 3 aromatic rings. The average molecular weight is 287 g/mol. The third-order valence-corrected chi connectivity index (χ3v) is 4.31. The van der Waals surface area contributed by atoms with E-state index in [2.05, 4.69) is 31.9 Å². The topological polar surface area (TPSA) is 46.5 Å². The summed E-state index contributed by atoms with van der Waals surface area (Å²) in [6, 6.07) is 6.25. The Balaban J connectivity index is 1.83. The highest BCUT2D eigenvalue weighted by Gasteiger charge is 2.23. The van der Waals surface area contributed by atoms with Crippen LogP contribution in [0.1, 0.15) is 37.4 Å². The molecule has 102 valence electrons. The molecule has 4 nitrogen and oxygen atoms in total. The first-order valence-corrected chi connectivity index (χ1v) is 7.37. The number of halogens is 1. The lowest BCUT2D eigenvalue weighted by Crippen LogP contribution is -2.04. The van der Waals surface area contributed by atoms with Gasteiger partial charge in [-0.2, -0.15) is 5.10 Å². The van der Waals surface area contributed by atoms with Crippen LogP contribution in [0.15, 0.2) is 30.6 Å². The molecular formula is C15H15ClN4. The minimum absolute atomic E-state index is 0.530. The van der Waals surface area contributed by atoms with Gasteiger partial charge in [-0.3, -0.25) is 5.10 Å². The second-order valence-electron chi connectivity index (χ2n) is 5.41. The van der Waals surface area contributed by atoms with E-state index < -0.39 is 0 Å². The van der Waals surface area contributed by atoms with Gasteiger partial charge < -0.3 is 4.57 Å². The number of nitrogens with one attached hydrogen (secondary N) is 1. The summed E-state index contributed by atoms with van der Waals surface area (Å²) in [5, 5.41) is 8.71. The van der Waals surface area contributed by atoms with Gasteiger partial charge in [0.05, 0.1) is 11.7 Å². The summed E-state index contributed by atoms with van der Waals surface area (Å²) in [5.74, 6) is 1.62. The summed E-state index contributed by atoms with van der Waals surface area (Å²) in [7, 11) is 0. The molecule has 1 aromatic carbocycles. The molecule has 2 heterocycles. The molecule has 2 aromatic heterocycles. The van der Waals surface area contributed by atoms with Crippen LogP contribution in [0.5, 0.6) is 0 Å². The number of aromatic nitrogens is 4. The van der Waals surface area contributed by atoms with Crippen molar-refractivity contribution < 1.29 is 0 Å². The third kappa shape index (κ3) is 1.91. The van der Waals surface area contributed by atoms with Gasteiger partial charge >= 0.3 is 0 Å². The molecule has 1 N–H and O–H groups in total. The highest BCUT2D eigenvalue weighted by Crippen LogP contribution is 2.35. The Hall–Kier alpha value is -1.81. The number of aromatic amines is 1. The Labute approximate surface area is 121 Å². The van der Waals surface area contributed by atoms with E-state index in [4.69, 9.17) is 11.6 Å². The summed E-state index contributed by atoms with van der Waals surface area (Å²) in [6.45, 7) is 0. The smallest absolute Gasteiger partial charge is 0.147 e. The van der Waals surface area contributed by atoms with Gasteiger partial charge in [-0.15, -0.1) is 0 Å². The van der Waals surface area contributed by atoms with E-state index in [-0.39, 0.29) is 0 Å². The lowest BCUT2D eigenvalue weighted by atomic mass is 10.1. The van der Waals surface area contributed by atoms with E-state index in [1.54, 1.807) is 0 Å². The monoisotopic (exact) mass is 286 g/mol. The molecule has 0 saturated heterocycles. The van der Waals surface area contributed by atoms with E-state index in [0.29, 0.717) is 11.1 Å². The lowest BCUT2D eigenvalue weighted by molar-refractivity contribution is 0.655. The van der Waals surface area contributed by atoms with Gasteiger partial charge in [0, 0.05) is 23.2 Å². The molecule has 1 fully saturated rings. The molecule has 0 atom stereocenters. The van der Waals surface area contributed by atoms with E-state index in [1.165, 1.54) is 25.7 Å². The molecule has 0 bridgehead atoms. The van der Waals surface area contributed by atoms with Crippen LogP contribution >= 0.6 is 11.6 Å². The molecule has 0 spiro atoms. The molecule has 0 amide bonds. The Morgan fingerprint density at radius 1 is 1.25 bits per heavy atom. The van der Waals surface area contributed by atoms with Gasteiger partial charge in [0.15, 0.2) is 0 Å². The molecule has 20 heavy (non-hydrogen) atoms. The first kappa shape index (κ1) is 12.0. The van der Waals surface area contributed by atoms with Crippen LogP contribution in [0.2, 0.25) is 5.15 Å². The second-order valence-corrected chi connectivity index (χ2v) is 5.80. The molecular weight excluding hydrogens is 272 g/mol. The molecule has 5 heteroatoms. The van der Waals surface area contributed by atoms with Crippen LogP contribution < -0.4 is 0 Å². The number of fused-ring (bicyclic) bond motifs is 1. The maximum atomic E-state index is 6.14. The fourth-order valence-corrected chi connectivity index (χ4v) is 3.31. The van der Waals surface area contributed by atoms with Crippen LogP contribution in [0.4, 0.5) is 0 Å². The zero-order valence-corrected chi connectivity index (χ0v) is 11.8. The van der Waals surface area contributed by atoms with Crippen LogP contribution in [0.25, 0.3) is 16.6 Å². The first-order chi connectivity index (χ1) is 9.81. The molecule has 1 saturated carbocycles. The van der Waals surface area contributed by atoms with Crippen molar-refractivity contribution >= 4 is 22.5 Å². The second kappa shape index (κ2) is 4.63. The standard InChI is InChI=1S/C15H15ClN4/c16-14-9-20(15(18-14)10-3-1-2-4-10)12-5-6-13-11(7-12)8-17-19-13/h5-10H,1-4H2,(H,17,19). The summed E-state index contributed by atoms with van der Waals surface area (Å²) in [4.78, 5) is 4.54. The lowest BCUT2D eigenvalue weighted by Gasteiger charge is -2.12. The fraction of sp³-hybridized carbons (Fsp3) is 0.333. The molecule has 1 aliphatic carbocycles. The van der Waals surface area contributed by atoms with E-state index in [1.807, 2.05) is 18.5 Å². The molecule has 4 rings (SSSR count). The zero-order chi connectivity index (χ0) is 13.5. The van der Waals surface area contributed by atoms with Crippen molar-refractivity contribution in [3.8, 4) is 5.69 Å². The summed E-state index contributed by atoms with van der Waals surface area (Å²) in [5.41, 5.74) is 2.14. The number of hydrogen-bond acceptors (Lipinski definition) is 2. The van der Waals surface area contributed by atoms with Crippen LogP contribution in [-0.4, -0.2) is 19.7 Å². The Bertz CT molecular complexity index is 752. The summed E-state index contributed by atoms with van der Waals surface area (Å²) < 4.78 is 2.13. The van der Waals surface area contributed by atoms with Crippen molar-refractivity contribution in [3.63, 3.8) is 0 Å². The van der Waals surface area contributed by atoms with Crippen molar-refractivity contribution in [1.82, 2.24) is 19.7 Å². The van der Waals surface area contributed by atoms with E-state index in [0.717, 1.165) is 22.4 Å². The molecule has 1 aliphatic rings. The quantitative estimate of drug-likeness (QED) is 0.772. The van der Waals surface area contributed by atoms with Gasteiger partial charge in [0.1, 0.15) is 11.0 Å². The largest absolute Gasteiger partial charge is 0.302 e. The maximum absolute atomic E-state index is 6.14. The summed E-state index contributed by atoms with van der Waals surface area (Å²) >= 11 is 6.14. The van der Waals surface area contributed by atoms with Gasteiger partial charge in [0.2, 0.25) is 0 Å². The predicted octanol–water partition coefficient (Wildman–Crippen LogP) is 4.06. The van der Waals surface area contributed by atoms with Crippen molar-refractivity contribution in [3.05, 3.63) is 41.6 Å². The van der Waals surface area contributed by atoms with Gasteiger partial charge in [0.25, 0.3) is 0 Å². The first-order valence-electron chi connectivity index (χ1n) is 6.99. The van der Waals surface area contributed by atoms with Gasteiger partial charge in [-0.1, -0.05) is 24.4 Å². The minimum atomic E-state index is 0.530. The SMILES string of the molecule is Clc1cn(-c2ccc3[nH]ncc3c2)c(C2CCCC2)n1. The van der Waals surface area contributed by atoms with E-state index >= 15 is 0 Å². The number of H-pyrrole nitrogens is 1. The van der Waals surface area contributed by atoms with Crippen molar-refractivity contribution in [2.45, 2.75) is 31.6 Å². The van der Waals surface area contributed by atoms with Crippen molar-refractivity contribution in [1.29, 1.82) is 0 Å². The summed E-state index contributed by atoms with van der Waals surface area (Å²) in [6.07, 6.45) is 8.75. The zero-order valence-electron chi connectivity index (χ0n) is 11.0.